The van der Waals surface area contributed by atoms with Crippen LogP contribution < -0.4 is 15.4 Å². The normalized spacial score (nSPS) is 12.4. The third-order valence-electron chi connectivity index (χ3n) is 2.29. The molecule has 118 valence electrons. The van der Waals surface area contributed by atoms with Crippen molar-refractivity contribution in [2.75, 3.05) is 13.7 Å². The van der Waals surface area contributed by atoms with Gasteiger partial charge in [0.05, 0.1) is 0 Å². The van der Waals surface area contributed by atoms with Gasteiger partial charge in [0.1, 0.15) is 0 Å². The quantitative estimate of drug-likeness (QED) is 0.646. The molecular weight excluding hydrogens is 285 g/mol. The van der Waals surface area contributed by atoms with Crippen molar-refractivity contribution in [3.05, 3.63) is 23.9 Å². The van der Waals surface area contributed by atoms with Gasteiger partial charge < -0.3 is 15.4 Å². The van der Waals surface area contributed by atoms with E-state index in [0.717, 1.165) is 5.56 Å². The Morgan fingerprint density at radius 3 is 2.71 bits per heavy atom. The molecule has 0 atom stereocenters. The van der Waals surface area contributed by atoms with Crippen molar-refractivity contribution < 1.29 is 17.9 Å². The van der Waals surface area contributed by atoms with Gasteiger partial charge in [0.25, 0.3) is 0 Å². The molecule has 0 aliphatic carbocycles. The molecule has 0 saturated heterocycles. The summed E-state index contributed by atoms with van der Waals surface area (Å²) in [7, 11) is 1.64. The number of halogens is 3. The summed E-state index contributed by atoms with van der Waals surface area (Å²) < 4.78 is 40.8. The fourth-order valence-electron chi connectivity index (χ4n) is 1.45. The first-order valence-corrected chi connectivity index (χ1v) is 6.42. The third-order valence-corrected chi connectivity index (χ3v) is 2.29. The molecule has 0 amide bonds. The highest BCUT2D eigenvalue weighted by molar-refractivity contribution is 5.79. The minimum atomic E-state index is -4.38. The largest absolute Gasteiger partial charge is 0.468 e. The lowest BCUT2D eigenvalue weighted by atomic mass is 10.2. The second-order valence-corrected chi connectivity index (χ2v) is 4.63. The lowest BCUT2D eigenvalue weighted by molar-refractivity contribution is -0.154. The van der Waals surface area contributed by atoms with Crippen LogP contribution in [0.15, 0.2) is 23.3 Å². The first-order valence-electron chi connectivity index (χ1n) is 6.42. The second kappa shape index (κ2) is 7.70. The number of guanidine groups is 1. The van der Waals surface area contributed by atoms with Gasteiger partial charge in [-0.05, 0) is 25.5 Å². The van der Waals surface area contributed by atoms with E-state index in [1.165, 1.54) is 12.3 Å². The van der Waals surface area contributed by atoms with Gasteiger partial charge in [-0.3, -0.25) is 4.99 Å². The Morgan fingerprint density at radius 1 is 1.43 bits per heavy atom. The van der Waals surface area contributed by atoms with Crippen LogP contribution in [0.1, 0.15) is 19.4 Å². The summed E-state index contributed by atoms with van der Waals surface area (Å²) in [5, 5.41) is 6.15. The van der Waals surface area contributed by atoms with Gasteiger partial charge in [-0.15, -0.1) is 0 Å². The van der Waals surface area contributed by atoms with Crippen LogP contribution in [0.5, 0.6) is 5.88 Å². The molecule has 2 N–H and O–H groups in total. The van der Waals surface area contributed by atoms with Gasteiger partial charge in [0.2, 0.25) is 5.88 Å². The lowest BCUT2D eigenvalue weighted by Gasteiger charge is -2.14. The van der Waals surface area contributed by atoms with Gasteiger partial charge >= 0.3 is 6.18 Å². The third kappa shape index (κ3) is 7.38. The van der Waals surface area contributed by atoms with Gasteiger partial charge in [0, 0.05) is 31.9 Å². The Bertz CT molecular complexity index is 475. The van der Waals surface area contributed by atoms with Crippen LogP contribution >= 0.6 is 0 Å². The molecule has 1 aromatic heterocycles. The number of aliphatic imine (C=N–C) groups is 1. The molecule has 1 heterocycles. The highest BCUT2D eigenvalue weighted by atomic mass is 19.4. The number of nitrogens with zero attached hydrogens (tertiary/aromatic N) is 2. The van der Waals surface area contributed by atoms with Crippen molar-refractivity contribution in [2.45, 2.75) is 32.6 Å². The summed E-state index contributed by atoms with van der Waals surface area (Å²) in [6.07, 6.45) is -2.97. The molecule has 0 aromatic carbocycles. The van der Waals surface area contributed by atoms with Crippen molar-refractivity contribution in [1.29, 1.82) is 0 Å². The smallest absolute Gasteiger partial charge is 0.422 e. The van der Waals surface area contributed by atoms with E-state index in [4.69, 9.17) is 0 Å². The maximum absolute atomic E-state index is 12.1. The molecular formula is C13H19F3N4O. The second-order valence-electron chi connectivity index (χ2n) is 4.63. The monoisotopic (exact) mass is 304 g/mol. The van der Waals surface area contributed by atoms with Crippen molar-refractivity contribution >= 4 is 5.96 Å². The minimum Gasteiger partial charge on any atom is -0.468 e. The first-order chi connectivity index (χ1) is 9.80. The number of pyridine rings is 1. The average Bonchev–Trinajstić information content (AvgIpc) is 2.40. The van der Waals surface area contributed by atoms with Gasteiger partial charge in [-0.2, -0.15) is 13.2 Å². The van der Waals surface area contributed by atoms with Crippen molar-refractivity contribution in [2.24, 2.45) is 4.99 Å². The van der Waals surface area contributed by atoms with Crippen LogP contribution in [0.2, 0.25) is 0 Å². The molecule has 21 heavy (non-hydrogen) atoms. The Kier molecular flexibility index (Phi) is 6.26. The van der Waals surface area contributed by atoms with Crippen LogP contribution in [0, 0.1) is 0 Å². The van der Waals surface area contributed by atoms with Crippen LogP contribution in [-0.4, -0.2) is 36.8 Å². The average molecular weight is 304 g/mol. The molecule has 0 unspecified atom stereocenters. The topological polar surface area (TPSA) is 58.5 Å². The highest BCUT2D eigenvalue weighted by Gasteiger charge is 2.28. The molecule has 1 aromatic rings. The molecule has 0 aliphatic heterocycles. The lowest BCUT2D eigenvalue weighted by Crippen LogP contribution is -2.40. The van der Waals surface area contributed by atoms with Gasteiger partial charge in [0.15, 0.2) is 12.6 Å². The predicted octanol–water partition coefficient (Wildman–Crippen LogP) is 2.10. The number of hydrogen-bond donors (Lipinski definition) is 2. The summed E-state index contributed by atoms with van der Waals surface area (Å²) in [5.41, 5.74) is 0.744. The molecule has 0 spiro atoms. The molecule has 5 nitrogen and oxygen atoms in total. The zero-order valence-corrected chi connectivity index (χ0v) is 12.2. The molecule has 0 radical (unpaired) electrons. The van der Waals surface area contributed by atoms with E-state index in [9.17, 15) is 13.2 Å². The zero-order valence-electron chi connectivity index (χ0n) is 12.2. The number of hydrogen-bond acceptors (Lipinski definition) is 3. The molecule has 1 rings (SSSR count). The summed E-state index contributed by atoms with van der Waals surface area (Å²) in [5.74, 6) is 0.554. The van der Waals surface area contributed by atoms with Crippen LogP contribution in [0.3, 0.4) is 0 Å². The minimum absolute atomic E-state index is 0.0570. The number of aromatic nitrogens is 1. The number of rotatable bonds is 5. The van der Waals surface area contributed by atoms with E-state index in [1.54, 1.807) is 13.1 Å². The van der Waals surface area contributed by atoms with Crippen LogP contribution in [0.25, 0.3) is 0 Å². The summed E-state index contributed by atoms with van der Waals surface area (Å²) in [6, 6.07) is 3.37. The number of alkyl halides is 3. The van der Waals surface area contributed by atoms with Crippen LogP contribution in [-0.2, 0) is 6.54 Å². The molecule has 0 saturated carbocycles. The van der Waals surface area contributed by atoms with Crippen molar-refractivity contribution in [3.63, 3.8) is 0 Å². The van der Waals surface area contributed by atoms with E-state index in [0.29, 0.717) is 12.5 Å². The summed E-state index contributed by atoms with van der Waals surface area (Å²) in [6.45, 7) is 3.00. The molecule has 0 fully saturated rings. The number of nitrogens with one attached hydrogen (secondary N) is 2. The van der Waals surface area contributed by atoms with E-state index < -0.39 is 12.8 Å². The SMILES string of the molecule is CN=C(NCc1ccnc(OCC(F)(F)F)c1)NC(C)C. The fourth-order valence-corrected chi connectivity index (χ4v) is 1.45. The Balaban J connectivity index is 2.56. The summed E-state index contributed by atoms with van der Waals surface area (Å²) in [4.78, 5) is 7.78. The number of ether oxygens (including phenoxy) is 1. The maximum atomic E-state index is 12.1. The van der Waals surface area contributed by atoms with Crippen LogP contribution in [0.4, 0.5) is 13.2 Å². The highest BCUT2D eigenvalue weighted by Crippen LogP contribution is 2.17. The molecule has 0 aliphatic rings. The fraction of sp³-hybridized carbons (Fsp3) is 0.538. The Morgan fingerprint density at radius 2 is 2.14 bits per heavy atom. The van der Waals surface area contributed by atoms with Gasteiger partial charge in [-0.25, -0.2) is 4.98 Å². The maximum Gasteiger partial charge on any atom is 0.422 e. The molecule has 8 heteroatoms. The Labute approximate surface area is 121 Å². The van der Waals surface area contributed by atoms with Crippen molar-refractivity contribution in [1.82, 2.24) is 15.6 Å². The first kappa shape index (κ1) is 17.1. The van der Waals surface area contributed by atoms with Crippen molar-refractivity contribution in [3.8, 4) is 5.88 Å². The summed E-state index contributed by atoms with van der Waals surface area (Å²) >= 11 is 0. The van der Waals surface area contributed by atoms with E-state index in [1.807, 2.05) is 13.8 Å². The van der Waals surface area contributed by atoms with Gasteiger partial charge in [-0.1, -0.05) is 0 Å². The Hall–Kier alpha value is -1.99. The predicted molar refractivity (Wildman–Crippen MR) is 74.3 cm³/mol. The van der Waals surface area contributed by atoms with E-state index in [-0.39, 0.29) is 11.9 Å². The van der Waals surface area contributed by atoms with E-state index in [2.05, 4.69) is 25.3 Å². The molecule has 0 bridgehead atoms. The zero-order chi connectivity index (χ0) is 15.9. The van der Waals surface area contributed by atoms with E-state index >= 15 is 0 Å². The standard InChI is InChI=1S/C13H19F3N4O/c1-9(2)20-12(17-3)19-7-10-4-5-18-11(6-10)21-8-13(14,15)16/h4-6,9H,7-8H2,1-3H3,(H2,17,19,20).